The number of pyridine rings is 1. The van der Waals surface area contributed by atoms with Crippen LogP contribution < -0.4 is 10.5 Å². The number of anilines is 1. The number of alkyl halides is 6. The molecule has 2 aromatic rings. The van der Waals surface area contributed by atoms with Crippen molar-refractivity contribution in [3.8, 4) is 17.5 Å². The number of hydrogen-bond acceptors (Lipinski definition) is 8. The molecule has 8 nitrogen and oxygen atoms in total. The number of aliphatic hydroxyl groups is 2. The SMILES string of the molecule is C[C@@H]1CC(O)CCC[C@](O)(C(F)(F)F)c2nnc(o2)-c2nc(c(C(F)(F)F)cc2N)O1. The first-order valence-electron chi connectivity index (χ1n) is 9.08. The summed E-state index contributed by atoms with van der Waals surface area (Å²) in [4.78, 5) is 3.65. The highest BCUT2D eigenvalue weighted by atomic mass is 19.4. The Morgan fingerprint density at radius 2 is 1.87 bits per heavy atom. The number of halogens is 6. The van der Waals surface area contributed by atoms with Gasteiger partial charge in [-0.1, -0.05) is 0 Å². The number of aromatic nitrogens is 3. The Bertz CT molecular complexity index is 948. The largest absolute Gasteiger partial charge is 0.474 e. The summed E-state index contributed by atoms with van der Waals surface area (Å²) in [5.41, 5.74) is -0.403. The third-order valence-corrected chi connectivity index (χ3v) is 4.77. The second-order valence-corrected chi connectivity index (χ2v) is 7.26. The van der Waals surface area contributed by atoms with Crippen molar-refractivity contribution in [3.05, 3.63) is 17.5 Å². The van der Waals surface area contributed by atoms with E-state index < -0.39 is 71.2 Å². The van der Waals surface area contributed by atoms with Crippen molar-refractivity contribution in [2.45, 2.75) is 62.8 Å². The maximum Gasteiger partial charge on any atom is 0.426 e. The molecular formula is C17H18F6N4O4. The number of nitrogens with two attached hydrogens (primary N) is 1. The third-order valence-electron chi connectivity index (χ3n) is 4.77. The Kier molecular flexibility index (Phi) is 5.82. The van der Waals surface area contributed by atoms with Gasteiger partial charge in [-0.2, -0.15) is 26.3 Å². The van der Waals surface area contributed by atoms with E-state index in [0.717, 1.165) is 0 Å². The Morgan fingerprint density at radius 1 is 1.19 bits per heavy atom. The minimum atomic E-state index is -5.21. The van der Waals surface area contributed by atoms with Crippen molar-refractivity contribution in [2.75, 3.05) is 5.73 Å². The third kappa shape index (κ3) is 4.54. The molecule has 1 aliphatic heterocycles. The molecule has 31 heavy (non-hydrogen) atoms. The summed E-state index contributed by atoms with van der Waals surface area (Å²) in [5, 5.41) is 26.9. The molecule has 3 heterocycles. The molecule has 4 bridgehead atoms. The van der Waals surface area contributed by atoms with Crippen molar-refractivity contribution in [1.82, 2.24) is 15.2 Å². The molecule has 0 saturated heterocycles. The highest BCUT2D eigenvalue weighted by Gasteiger charge is 2.58. The quantitative estimate of drug-likeness (QED) is 0.516. The van der Waals surface area contributed by atoms with Crippen LogP contribution in [0, 0.1) is 0 Å². The van der Waals surface area contributed by atoms with Crippen LogP contribution in [0.15, 0.2) is 10.5 Å². The van der Waals surface area contributed by atoms with Crippen molar-refractivity contribution in [1.29, 1.82) is 0 Å². The van der Waals surface area contributed by atoms with Gasteiger partial charge in [0.15, 0.2) is 5.69 Å². The van der Waals surface area contributed by atoms with E-state index >= 15 is 0 Å². The van der Waals surface area contributed by atoms with E-state index in [1.54, 1.807) is 0 Å². The molecule has 0 radical (unpaired) electrons. The molecular weight excluding hydrogens is 438 g/mol. The summed E-state index contributed by atoms with van der Waals surface area (Å²) in [6.07, 6.45) is -13.9. The summed E-state index contributed by atoms with van der Waals surface area (Å²) in [7, 11) is 0. The maximum atomic E-state index is 13.6. The van der Waals surface area contributed by atoms with Crippen LogP contribution in [0.3, 0.4) is 0 Å². The molecule has 1 unspecified atom stereocenters. The van der Waals surface area contributed by atoms with E-state index in [1.807, 2.05) is 0 Å². The molecule has 0 fully saturated rings. The van der Waals surface area contributed by atoms with E-state index in [9.17, 15) is 36.6 Å². The second kappa shape index (κ2) is 7.82. The zero-order valence-corrected chi connectivity index (χ0v) is 16.0. The number of fused-ring (bicyclic) bond motifs is 5. The molecule has 172 valence electrons. The minimum absolute atomic E-state index is 0.193. The highest BCUT2D eigenvalue weighted by molar-refractivity contribution is 5.68. The Morgan fingerprint density at radius 3 is 2.48 bits per heavy atom. The van der Waals surface area contributed by atoms with Gasteiger partial charge < -0.3 is 25.1 Å². The first-order chi connectivity index (χ1) is 14.2. The average molecular weight is 456 g/mol. The summed E-state index contributed by atoms with van der Waals surface area (Å²) in [6, 6.07) is 0.479. The van der Waals surface area contributed by atoms with Gasteiger partial charge in [-0.05, 0) is 32.3 Å². The van der Waals surface area contributed by atoms with Crippen molar-refractivity contribution >= 4 is 5.69 Å². The summed E-state index contributed by atoms with van der Waals surface area (Å²) in [6.45, 7) is 1.36. The normalized spacial score (nSPS) is 25.6. The van der Waals surface area contributed by atoms with Crippen LogP contribution in [0.2, 0.25) is 0 Å². The predicted octanol–water partition coefficient (Wildman–Crippen LogP) is 3.18. The van der Waals surface area contributed by atoms with Crippen molar-refractivity contribution in [2.24, 2.45) is 0 Å². The lowest BCUT2D eigenvalue weighted by atomic mass is 9.94. The minimum Gasteiger partial charge on any atom is -0.474 e. The van der Waals surface area contributed by atoms with Gasteiger partial charge in [0.2, 0.25) is 11.5 Å². The monoisotopic (exact) mass is 456 g/mol. The second-order valence-electron chi connectivity index (χ2n) is 7.26. The molecule has 3 atom stereocenters. The van der Waals surface area contributed by atoms with E-state index in [1.165, 1.54) is 6.92 Å². The molecule has 0 amide bonds. The van der Waals surface area contributed by atoms with Crippen molar-refractivity contribution in [3.63, 3.8) is 0 Å². The van der Waals surface area contributed by atoms with E-state index in [2.05, 4.69) is 15.2 Å². The topological polar surface area (TPSA) is 128 Å². The van der Waals surface area contributed by atoms with Crippen LogP contribution in [0.25, 0.3) is 11.6 Å². The average Bonchev–Trinajstić information content (AvgIpc) is 3.10. The number of nitrogens with zero attached hydrogens (tertiary/aromatic N) is 3. The van der Waals surface area contributed by atoms with Gasteiger partial charge in [0.05, 0.1) is 11.8 Å². The molecule has 0 saturated carbocycles. The van der Waals surface area contributed by atoms with Crippen molar-refractivity contribution < 1.29 is 45.7 Å². The fourth-order valence-corrected chi connectivity index (χ4v) is 3.17. The lowest BCUT2D eigenvalue weighted by molar-refractivity contribution is -0.277. The number of ether oxygens (including phenoxy) is 1. The molecule has 0 aliphatic carbocycles. The highest BCUT2D eigenvalue weighted by Crippen LogP contribution is 2.44. The van der Waals surface area contributed by atoms with Gasteiger partial charge in [0, 0.05) is 6.42 Å². The lowest BCUT2D eigenvalue weighted by Crippen LogP contribution is -2.42. The molecule has 0 spiro atoms. The first-order valence-corrected chi connectivity index (χ1v) is 9.08. The molecule has 0 aromatic carbocycles. The van der Waals surface area contributed by atoms with E-state index in [4.69, 9.17) is 14.9 Å². The van der Waals surface area contributed by atoms with Crippen LogP contribution in [-0.2, 0) is 11.8 Å². The van der Waals surface area contributed by atoms with Gasteiger partial charge in [0.1, 0.15) is 11.7 Å². The van der Waals surface area contributed by atoms with Gasteiger partial charge in [-0.25, -0.2) is 4.98 Å². The first kappa shape index (κ1) is 23.1. The van der Waals surface area contributed by atoms with E-state index in [0.29, 0.717) is 6.07 Å². The summed E-state index contributed by atoms with van der Waals surface area (Å²) in [5.74, 6) is -2.86. The Hall–Kier alpha value is -2.61. The van der Waals surface area contributed by atoms with Gasteiger partial charge >= 0.3 is 12.4 Å². The fourth-order valence-electron chi connectivity index (χ4n) is 3.17. The van der Waals surface area contributed by atoms with Gasteiger partial charge in [-0.3, -0.25) is 0 Å². The Labute approximate surface area is 171 Å². The molecule has 3 rings (SSSR count). The van der Waals surface area contributed by atoms with Gasteiger partial charge in [0.25, 0.3) is 11.8 Å². The standard InChI is InChI=1S/C17H18F6N4O4/c1-7-5-8(28)3-2-4-15(29,17(21,22)23)14-27-26-13(31-14)11-10(24)6-9(16(18,19)20)12(25-11)30-7/h6-8,28-29H,2-5,24H2,1H3/t7-,8?,15-/m1/s1. The fraction of sp³-hybridized carbons (Fsp3) is 0.588. The van der Waals surface area contributed by atoms with Crippen LogP contribution in [0.4, 0.5) is 32.0 Å². The van der Waals surface area contributed by atoms with Crippen LogP contribution >= 0.6 is 0 Å². The Balaban J connectivity index is 2.19. The van der Waals surface area contributed by atoms with Crippen LogP contribution in [0.1, 0.15) is 44.1 Å². The maximum absolute atomic E-state index is 13.6. The summed E-state index contributed by atoms with van der Waals surface area (Å²) < 4.78 is 91.2. The zero-order chi connectivity index (χ0) is 23.2. The van der Waals surface area contributed by atoms with E-state index in [-0.39, 0.29) is 19.3 Å². The lowest BCUT2D eigenvalue weighted by Gasteiger charge is -2.27. The molecule has 1 aliphatic rings. The zero-order valence-electron chi connectivity index (χ0n) is 16.0. The van der Waals surface area contributed by atoms with Crippen LogP contribution in [-0.4, -0.2) is 43.8 Å². The number of hydrogen-bond donors (Lipinski definition) is 3. The number of rotatable bonds is 0. The molecule has 4 N–H and O–H groups in total. The number of nitrogen functional groups attached to an aromatic ring is 1. The predicted molar refractivity (Wildman–Crippen MR) is 91.5 cm³/mol. The smallest absolute Gasteiger partial charge is 0.426 e. The van der Waals surface area contributed by atoms with Crippen LogP contribution in [0.5, 0.6) is 5.88 Å². The molecule has 14 heteroatoms. The van der Waals surface area contributed by atoms with Gasteiger partial charge in [-0.15, -0.1) is 10.2 Å². The summed E-state index contributed by atoms with van der Waals surface area (Å²) >= 11 is 0. The number of aliphatic hydroxyl groups excluding tert-OH is 1. The molecule has 2 aromatic heterocycles.